The zero-order chi connectivity index (χ0) is 52.7. The highest BCUT2D eigenvalue weighted by Crippen LogP contribution is 2.47. The first kappa shape index (κ1) is 50.4. The van der Waals surface area contributed by atoms with Crippen molar-refractivity contribution in [2.45, 2.75) is 55.2 Å². The Morgan fingerprint density at radius 1 is 0.649 bits per heavy atom. The summed E-state index contributed by atoms with van der Waals surface area (Å²) >= 11 is 13.5. The van der Waals surface area contributed by atoms with Crippen LogP contribution in [-0.4, -0.2) is 86.3 Å². The second-order valence-corrected chi connectivity index (χ2v) is 18.4. The number of fused-ring (bicyclic) bond motifs is 15. The van der Waals surface area contributed by atoms with Crippen molar-refractivity contribution in [2.24, 2.45) is 5.73 Å². The average molecular weight is 1050 g/mol. The zero-order valence-corrected chi connectivity index (χ0v) is 40.1. The van der Waals surface area contributed by atoms with E-state index in [0.29, 0.717) is 11.1 Å². The monoisotopic (exact) mass is 1050 g/mol. The summed E-state index contributed by atoms with van der Waals surface area (Å²) in [5.74, 6) is -9.89. The Morgan fingerprint density at radius 3 is 1.96 bits per heavy atom. The van der Waals surface area contributed by atoms with Gasteiger partial charge in [-0.3, -0.25) is 24.0 Å². The molecular weight excluding hydrogens is 1000 g/mol. The van der Waals surface area contributed by atoms with E-state index in [0.717, 1.165) is 25.3 Å². The highest BCUT2D eigenvalue weighted by molar-refractivity contribution is 6.32. The number of methoxy groups -OCH3 is 1. The van der Waals surface area contributed by atoms with Crippen LogP contribution >= 0.6 is 23.2 Å². The predicted octanol–water partition coefficient (Wildman–Crippen LogP) is 4.57. The molecule has 5 amide bonds. The number of esters is 1. The lowest BCUT2D eigenvalue weighted by Crippen LogP contribution is -2.56. The second kappa shape index (κ2) is 20.5. The van der Waals surface area contributed by atoms with Gasteiger partial charge in [0.15, 0.2) is 17.5 Å². The third kappa shape index (κ3) is 10.1. The van der Waals surface area contributed by atoms with E-state index in [1.54, 1.807) is 36.4 Å². The van der Waals surface area contributed by atoms with Crippen LogP contribution in [-0.2, 0) is 46.3 Å². The molecule has 22 heteroatoms. The third-order valence-corrected chi connectivity index (χ3v) is 13.2. The Hall–Kier alpha value is -8.56. The minimum absolute atomic E-state index is 0.0160. The van der Waals surface area contributed by atoms with Gasteiger partial charge in [0.1, 0.15) is 59.0 Å². The minimum atomic E-state index is -2.05. The molecule has 5 aliphatic heterocycles. The Kier molecular flexibility index (Phi) is 14.0. The molecule has 0 saturated carbocycles. The lowest BCUT2D eigenvalue weighted by molar-refractivity contribution is -0.146. The first-order valence-electron chi connectivity index (χ1n) is 22.6. The smallest absolute Gasteiger partial charge is 0.333 e. The molecule has 5 heterocycles. The number of nitrogens with two attached hydrogens (primary N) is 1. The van der Waals surface area contributed by atoms with Gasteiger partial charge in [-0.2, -0.15) is 0 Å². The first-order chi connectivity index (χ1) is 35.4. The van der Waals surface area contributed by atoms with Crippen LogP contribution in [0.3, 0.4) is 0 Å². The van der Waals surface area contributed by atoms with Crippen LogP contribution in [0.25, 0.3) is 11.1 Å². The van der Waals surface area contributed by atoms with Crippen LogP contribution < -0.4 is 41.8 Å². The molecule has 7 atom stereocenters. The van der Waals surface area contributed by atoms with Crippen LogP contribution in [0.15, 0.2) is 109 Å². The number of benzene rings is 6. The van der Waals surface area contributed by atoms with E-state index in [9.17, 15) is 44.7 Å². The van der Waals surface area contributed by atoms with Crippen molar-refractivity contribution < 1.29 is 68.5 Å². The molecule has 380 valence electrons. The number of carbonyl (C=O) groups is 6. The van der Waals surface area contributed by atoms with Gasteiger partial charge in [0.25, 0.3) is 0 Å². The molecule has 0 aromatic heterocycles. The van der Waals surface area contributed by atoms with Crippen molar-refractivity contribution in [3.8, 4) is 57.1 Å². The molecule has 6 aromatic rings. The third-order valence-electron chi connectivity index (χ3n) is 12.6. The summed E-state index contributed by atoms with van der Waals surface area (Å²) in [6.45, 7) is 0. The first-order valence-corrected chi connectivity index (χ1v) is 23.4. The van der Waals surface area contributed by atoms with Crippen LogP contribution in [0.2, 0.25) is 10.0 Å². The number of phenols is 4. The topological polar surface area (TPSA) is 317 Å². The Balaban J connectivity index is 1.29. The fraction of sp³-hybridized carbons (Fsp3) is 0.192. The molecule has 20 nitrogen and oxygen atoms in total. The van der Waals surface area contributed by atoms with Gasteiger partial charge in [0.05, 0.1) is 23.2 Å². The number of rotatable bonds is 3. The van der Waals surface area contributed by atoms with Crippen LogP contribution in [0.4, 0.5) is 0 Å². The Labute approximate surface area is 430 Å². The summed E-state index contributed by atoms with van der Waals surface area (Å²) in [5.41, 5.74) is 6.16. The summed E-state index contributed by atoms with van der Waals surface area (Å²) in [6.07, 6.45) is -2.18. The van der Waals surface area contributed by atoms with Gasteiger partial charge >= 0.3 is 5.97 Å². The second-order valence-electron chi connectivity index (χ2n) is 17.6. The molecule has 6 aromatic carbocycles. The normalized spacial score (nSPS) is 21.8. The lowest BCUT2D eigenvalue weighted by atomic mass is 9.89. The number of halogens is 2. The number of phenolic OH excluding ortho intramolecular Hbond substituents is 4. The van der Waals surface area contributed by atoms with Crippen molar-refractivity contribution in [1.82, 2.24) is 26.6 Å². The fourth-order valence-electron chi connectivity index (χ4n) is 8.87. The number of carbonyl (C=O) groups excluding carboxylic acids is 6. The quantitative estimate of drug-likeness (QED) is 0.108. The van der Waals surface area contributed by atoms with Gasteiger partial charge in [0, 0.05) is 29.2 Å². The van der Waals surface area contributed by atoms with E-state index in [1.165, 1.54) is 54.6 Å². The maximum Gasteiger partial charge on any atom is 0.333 e. The van der Waals surface area contributed by atoms with E-state index in [2.05, 4.69) is 26.6 Å². The molecule has 0 spiro atoms. The van der Waals surface area contributed by atoms with Gasteiger partial charge in [-0.25, -0.2) is 4.79 Å². The summed E-state index contributed by atoms with van der Waals surface area (Å²) in [5, 5.41) is 70.2. The lowest BCUT2D eigenvalue weighted by Gasteiger charge is -2.31. The largest absolute Gasteiger partial charge is 0.508 e. The Bertz CT molecular complexity index is 3290. The van der Waals surface area contributed by atoms with Crippen molar-refractivity contribution >= 4 is 58.7 Å². The fourth-order valence-corrected chi connectivity index (χ4v) is 9.34. The summed E-state index contributed by atoms with van der Waals surface area (Å²) in [6, 6.07) is 14.2. The zero-order valence-electron chi connectivity index (χ0n) is 38.6. The molecule has 0 saturated heterocycles. The number of nitrogens with one attached hydrogen (secondary N) is 5. The average Bonchev–Trinajstić information content (AvgIpc) is 3.36. The number of ether oxygens (including phenoxy) is 3. The number of hydrogen-bond donors (Lipinski definition) is 11. The molecule has 0 radical (unpaired) electrons. The van der Waals surface area contributed by atoms with Gasteiger partial charge in [-0.1, -0.05) is 71.7 Å². The molecule has 74 heavy (non-hydrogen) atoms. The van der Waals surface area contributed by atoms with Crippen molar-refractivity contribution in [3.63, 3.8) is 0 Å². The molecule has 11 rings (SSSR count). The predicted molar refractivity (Wildman–Crippen MR) is 263 cm³/mol. The van der Waals surface area contributed by atoms with E-state index in [4.69, 9.17) is 43.1 Å². The minimum Gasteiger partial charge on any atom is -0.508 e. The number of amides is 5. The van der Waals surface area contributed by atoms with Gasteiger partial charge < -0.3 is 72.1 Å². The van der Waals surface area contributed by atoms with Crippen LogP contribution in [0.5, 0.6) is 46.0 Å². The number of aliphatic hydroxyl groups is 1. The van der Waals surface area contributed by atoms with Crippen LogP contribution in [0.1, 0.15) is 57.6 Å². The number of hydrogen-bond acceptors (Lipinski definition) is 15. The van der Waals surface area contributed by atoms with Crippen molar-refractivity contribution in [1.29, 1.82) is 0 Å². The maximum absolute atomic E-state index is 15.4. The van der Waals surface area contributed by atoms with E-state index < -0.39 is 107 Å². The van der Waals surface area contributed by atoms with E-state index >= 15 is 9.59 Å². The summed E-state index contributed by atoms with van der Waals surface area (Å²) < 4.78 is 17.4. The maximum atomic E-state index is 15.4. The number of aliphatic hydroxyl groups excluding tert-OH is 1. The van der Waals surface area contributed by atoms with Crippen LogP contribution in [0, 0.1) is 0 Å². The molecule has 5 aliphatic rings. The molecular formula is C52H44Cl2N6O14. The van der Waals surface area contributed by atoms with Gasteiger partial charge in [-0.15, -0.1) is 0 Å². The summed E-state index contributed by atoms with van der Waals surface area (Å²) in [7, 11) is 0.993. The Morgan fingerprint density at radius 2 is 1.28 bits per heavy atom. The molecule has 0 aliphatic carbocycles. The van der Waals surface area contributed by atoms with Crippen molar-refractivity contribution in [3.05, 3.63) is 153 Å². The molecule has 12 N–H and O–H groups in total. The van der Waals surface area contributed by atoms with E-state index in [-0.39, 0.29) is 73.5 Å². The van der Waals surface area contributed by atoms with Crippen molar-refractivity contribution in [2.75, 3.05) is 7.11 Å². The summed E-state index contributed by atoms with van der Waals surface area (Å²) in [4.78, 5) is 87.2. The number of aromatic hydroxyl groups is 4. The van der Waals surface area contributed by atoms with Gasteiger partial charge in [0.2, 0.25) is 35.3 Å². The standard InChI is InChI=1S/C52H44Cl2N6O14/c1-72-52(71)43-29-20-27(61)21-35(63)40(29)28-16-24(8-10-34(28)62)41-49(68)60-44(51(70)59-43)45(64)25-9-12-37(31(54)17-25)74-39-19-26-18-38(46(39)65)73-36-11-7-23(13-30(36)53)14-32(55)47(66)56-33(15-22-5-3-2-4-6-22)48(67)57-42(26)50(69)58-41/h2-13,16-21,32-33,41-45,61-65H,14-15,55H2,1H3,(H,56,66)(H,57,67)(H,58,69)(H,59,70)(H,60,68)/t32-,33+,41-,42-,43+,44+,45-/m1/s1. The van der Waals surface area contributed by atoms with E-state index in [1.807, 2.05) is 0 Å². The van der Waals surface area contributed by atoms with Gasteiger partial charge in [-0.05, 0) is 88.8 Å². The molecule has 0 unspecified atom stereocenters. The molecule has 11 bridgehead atoms. The molecule has 0 fully saturated rings. The highest BCUT2D eigenvalue weighted by Gasteiger charge is 2.40. The SMILES string of the molecule is COC(=O)[C@H]1NC(=O)[C@H]2NC(=O)[C@H](NC(=O)[C@@H]3NC(=O)[C@H](Cc4ccccc4)NC(=O)[C@H](N)Cc4ccc(c(Cl)c4)Oc4cc3cc(c4O)Oc3ccc(cc3Cl)[C@H]2O)c2ccc(O)c(c2)-c2c(O)cc(O)cc21. The highest BCUT2D eigenvalue weighted by atomic mass is 35.5.